The van der Waals surface area contributed by atoms with Gasteiger partial charge in [-0.2, -0.15) is 0 Å². The number of rotatable bonds is 4. The van der Waals surface area contributed by atoms with Crippen LogP contribution in [0.2, 0.25) is 0 Å². The van der Waals surface area contributed by atoms with Crippen LogP contribution in [0.15, 0.2) is 23.2 Å². The number of amidine groups is 1. The third-order valence-corrected chi connectivity index (χ3v) is 8.60. The van der Waals surface area contributed by atoms with Crippen molar-refractivity contribution in [1.82, 2.24) is 0 Å². The van der Waals surface area contributed by atoms with Gasteiger partial charge in [-0.05, 0) is 51.3 Å². The quantitative estimate of drug-likeness (QED) is 0.820. The molecule has 0 bridgehead atoms. The van der Waals surface area contributed by atoms with E-state index in [-0.39, 0.29) is 35.3 Å². The van der Waals surface area contributed by atoms with Crippen molar-refractivity contribution in [2.45, 2.75) is 50.3 Å². The molecule has 1 aromatic rings. The fourth-order valence-electron chi connectivity index (χ4n) is 3.74. The first-order valence-corrected chi connectivity index (χ1v) is 11.1. The summed E-state index contributed by atoms with van der Waals surface area (Å²) < 4.78 is 44.1. The van der Waals surface area contributed by atoms with E-state index in [9.17, 15) is 17.6 Å². The summed E-state index contributed by atoms with van der Waals surface area (Å²) in [6, 6.07) is 4.39. The van der Waals surface area contributed by atoms with Gasteiger partial charge in [0.15, 0.2) is 9.84 Å². The van der Waals surface area contributed by atoms with Crippen molar-refractivity contribution in [3.8, 4) is 0 Å². The monoisotopic (exact) mass is 410 g/mol. The number of nitrogens with zero attached hydrogens (tertiary/aromatic N) is 1. The number of ether oxygens (including phenoxy) is 1. The summed E-state index contributed by atoms with van der Waals surface area (Å²) in [5, 5.41) is 0. The lowest BCUT2D eigenvalue weighted by molar-refractivity contribution is -0.125. The Kier molecular flexibility index (Phi) is 5.40. The smallest absolute Gasteiger partial charge is 0.165 e. The number of sulfone groups is 1. The van der Waals surface area contributed by atoms with Crippen molar-refractivity contribution in [2.75, 3.05) is 19.0 Å². The van der Waals surface area contributed by atoms with E-state index < -0.39 is 25.9 Å². The molecule has 8 heteroatoms. The Balaban J connectivity index is 1.93. The van der Waals surface area contributed by atoms with Crippen LogP contribution in [0.5, 0.6) is 0 Å². The lowest BCUT2D eigenvalue weighted by Crippen LogP contribution is -2.55. The lowest BCUT2D eigenvalue weighted by atomic mass is 9.88. The summed E-state index contributed by atoms with van der Waals surface area (Å²) in [6.07, 6.45) is 1.56. The second-order valence-corrected chi connectivity index (χ2v) is 10.9. The minimum Gasteiger partial charge on any atom is -0.386 e. The molecule has 0 unspecified atom stereocenters. The molecule has 154 valence electrons. The van der Waals surface area contributed by atoms with E-state index in [4.69, 9.17) is 10.5 Å². The van der Waals surface area contributed by atoms with Gasteiger partial charge in [0.2, 0.25) is 0 Å². The maximum absolute atomic E-state index is 14.7. The molecule has 0 spiro atoms. The van der Waals surface area contributed by atoms with E-state index in [0.29, 0.717) is 31.6 Å². The molecule has 2 heterocycles. The molecule has 1 fully saturated rings. The Morgan fingerprint density at radius 3 is 2.54 bits per heavy atom. The predicted octanol–water partition coefficient (Wildman–Crippen LogP) is 2.14. The van der Waals surface area contributed by atoms with Gasteiger partial charge in [-0.1, -0.05) is 6.07 Å². The Labute approximate surface area is 165 Å². The van der Waals surface area contributed by atoms with Crippen molar-refractivity contribution in [3.05, 3.63) is 35.1 Å². The van der Waals surface area contributed by atoms with E-state index in [0.717, 1.165) is 0 Å². The maximum atomic E-state index is 14.7. The second kappa shape index (κ2) is 7.22. The molecule has 1 saturated heterocycles. The number of nitrogens with two attached hydrogens (primary N) is 1. The minimum absolute atomic E-state index is 0.0377. The first kappa shape index (κ1) is 20.9. The Hall–Kier alpha value is -1.80. The molecule has 28 heavy (non-hydrogen) atoms. The van der Waals surface area contributed by atoms with Crippen molar-refractivity contribution in [3.63, 3.8) is 0 Å². The highest BCUT2D eigenvalue weighted by atomic mass is 32.2. The molecular formula is C20H27FN2O4S. The average molecular weight is 411 g/mol. The van der Waals surface area contributed by atoms with Crippen LogP contribution < -0.4 is 5.73 Å². The Morgan fingerprint density at radius 2 is 1.93 bits per heavy atom. The SMILES string of the molecule is CC1(C)C(N)=N[C@](C)(c2cc(CC(=O)C3CCOCC3)ccc2F)CS1(=O)=O. The first-order chi connectivity index (χ1) is 13.0. The maximum Gasteiger partial charge on any atom is 0.165 e. The van der Waals surface area contributed by atoms with Crippen LogP contribution >= 0.6 is 0 Å². The zero-order valence-electron chi connectivity index (χ0n) is 16.5. The zero-order chi connectivity index (χ0) is 20.7. The van der Waals surface area contributed by atoms with Crippen molar-refractivity contribution >= 4 is 21.5 Å². The highest BCUT2D eigenvalue weighted by molar-refractivity contribution is 7.93. The van der Waals surface area contributed by atoms with Crippen LogP contribution in [0.1, 0.15) is 44.7 Å². The molecule has 3 rings (SSSR count). The molecule has 0 aliphatic carbocycles. The van der Waals surface area contributed by atoms with E-state index >= 15 is 0 Å². The van der Waals surface area contributed by atoms with Crippen LogP contribution in [0.25, 0.3) is 0 Å². The van der Waals surface area contributed by atoms with Gasteiger partial charge in [-0.15, -0.1) is 0 Å². The van der Waals surface area contributed by atoms with Gasteiger partial charge in [0, 0.05) is 31.1 Å². The normalized spacial score (nSPS) is 27.2. The van der Waals surface area contributed by atoms with Crippen LogP contribution in [0.4, 0.5) is 4.39 Å². The first-order valence-electron chi connectivity index (χ1n) is 9.44. The van der Waals surface area contributed by atoms with Crippen LogP contribution in [-0.2, 0) is 31.3 Å². The molecule has 2 N–H and O–H groups in total. The predicted molar refractivity (Wildman–Crippen MR) is 105 cm³/mol. The van der Waals surface area contributed by atoms with Gasteiger partial charge in [-0.3, -0.25) is 9.79 Å². The van der Waals surface area contributed by atoms with Crippen molar-refractivity contribution in [2.24, 2.45) is 16.6 Å². The largest absolute Gasteiger partial charge is 0.386 e. The number of halogens is 1. The Morgan fingerprint density at radius 1 is 1.29 bits per heavy atom. The summed E-state index contributed by atoms with van der Waals surface area (Å²) >= 11 is 0. The van der Waals surface area contributed by atoms with E-state index in [2.05, 4.69) is 4.99 Å². The van der Waals surface area contributed by atoms with Gasteiger partial charge in [0.25, 0.3) is 0 Å². The van der Waals surface area contributed by atoms with E-state index in [1.54, 1.807) is 19.1 Å². The molecule has 0 aromatic heterocycles. The third-order valence-electron chi connectivity index (χ3n) is 5.90. The summed E-state index contributed by atoms with van der Waals surface area (Å²) in [6.45, 7) is 5.71. The molecular weight excluding hydrogens is 383 g/mol. The lowest BCUT2D eigenvalue weighted by Gasteiger charge is -2.38. The number of aliphatic imine (C=N–C) groups is 1. The Bertz CT molecular complexity index is 920. The second-order valence-electron chi connectivity index (χ2n) is 8.38. The highest BCUT2D eigenvalue weighted by Gasteiger charge is 2.49. The number of ketones is 1. The number of Topliss-reactive ketones (excluding diaryl/α,β-unsaturated/α-hetero) is 1. The topological polar surface area (TPSA) is 98.8 Å². The average Bonchev–Trinajstić information content (AvgIpc) is 2.62. The molecule has 1 aromatic carbocycles. The van der Waals surface area contributed by atoms with Crippen molar-refractivity contribution in [1.29, 1.82) is 0 Å². The summed E-state index contributed by atoms with van der Waals surface area (Å²) in [4.78, 5) is 16.9. The molecule has 0 radical (unpaired) electrons. The fourth-order valence-corrected chi connectivity index (χ4v) is 5.43. The fraction of sp³-hybridized carbons (Fsp3) is 0.600. The standard InChI is InChI=1S/C20H27FN2O4S/c1-19(2)18(22)23-20(3,12-28(19,25)26)15-10-13(4-5-16(15)21)11-17(24)14-6-8-27-9-7-14/h4-5,10,14H,6-9,11-12H2,1-3H3,(H2,22,23)/t20-/m0/s1. The molecule has 2 aliphatic rings. The molecule has 6 nitrogen and oxygen atoms in total. The number of benzene rings is 1. The van der Waals surface area contributed by atoms with E-state index in [1.165, 1.54) is 19.9 Å². The molecule has 0 amide bonds. The van der Waals surface area contributed by atoms with Gasteiger partial charge in [0.05, 0.1) is 5.75 Å². The highest BCUT2D eigenvalue weighted by Crippen LogP contribution is 2.38. The molecule has 2 aliphatic heterocycles. The van der Waals surface area contributed by atoms with Gasteiger partial charge in [-0.25, -0.2) is 12.8 Å². The van der Waals surface area contributed by atoms with Gasteiger partial charge < -0.3 is 10.5 Å². The van der Waals surface area contributed by atoms with Crippen LogP contribution in [0.3, 0.4) is 0 Å². The van der Waals surface area contributed by atoms with Crippen LogP contribution in [-0.4, -0.2) is 43.8 Å². The molecule has 1 atom stereocenters. The number of carbonyl (C=O) groups excluding carboxylic acids is 1. The summed E-state index contributed by atoms with van der Waals surface area (Å²) in [5.74, 6) is -0.906. The molecule has 0 saturated carbocycles. The summed E-state index contributed by atoms with van der Waals surface area (Å²) in [7, 11) is -3.64. The number of carbonyl (C=O) groups is 1. The minimum atomic E-state index is -3.64. The van der Waals surface area contributed by atoms with Crippen molar-refractivity contribution < 1.29 is 22.3 Å². The number of hydrogen-bond acceptors (Lipinski definition) is 6. The summed E-state index contributed by atoms with van der Waals surface area (Å²) in [5.41, 5.74) is 5.41. The van der Waals surface area contributed by atoms with Gasteiger partial charge >= 0.3 is 0 Å². The zero-order valence-corrected chi connectivity index (χ0v) is 17.3. The van der Waals surface area contributed by atoms with Crippen LogP contribution in [0, 0.1) is 11.7 Å². The number of hydrogen-bond donors (Lipinski definition) is 1. The third kappa shape index (κ3) is 3.72. The van der Waals surface area contributed by atoms with E-state index in [1.807, 2.05) is 0 Å². The van der Waals surface area contributed by atoms with Gasteiger partial charge in [0.1, 0.15) is 27.7 Å².